The summed E-state index contributed by atoms with van der Waals surface area (Å²) in [5.41, 5.74) is 4.19. The Kier molecular flexibility index (Phi) is 7.37. The van der Waals surface area contributed by atoms with Crippen LogP contribution in [0.25, 0.3) is 0 Å². The smallest absolute Gasteiger partial charge is 0.240 e. The minimum atomic E-state index is -0.619. The second kappa shape index (κ2) is 10.8. The fraction of sp³-hybridized carbons (Fsp3) is 0.517. The third-order valence-corrected chi connectivity index (χ3v) is 7.96. The predicted molar refractivity (Wildman–Crippen MR) is 138 cm³/mol. The molecule has 1 aliphatic carbocycles. The highest BCUT2D eigenvalue weighted by Crippen LogP contribution is 2.35. The molecule has 2 heterocycles. The number of nitrogens with zero attached hydrogens (tertiary/aromatic N) is 1. The number of amides is 2. The number of benzene rings is 2. The molecular weight excluding hydrogens is 438 g/mol. The van der Waals surface area contributed by atoms with Crippen LogP contribution < -0.4 is 15.4 Å². The molecule has 5 rings (SSSR count). The highest BCUT2D eigenvalue weighted by molar-refractivity contribution is 5.94. The van der Waals surface area contributed by atoms with E-state index in [0.29, 0.717) is 13.2 Å². The molecular formula is C29H37N3O3. The van der Waals surface area contributed by atoms with E-state index in [1.54, 1.807) is 0 Å². The fourth-order valence-corrected chi connectivity index (χ4v) is 6.15. The third kappa shape index (κ3) is 5.22. The van der Waals surface area contributed by atoms with Crippen LogP contribution in [0.1, 0.15) is 61.6 Å². The maximum atomic E-state index is 13.5. The molecule has 2 aliphatic heterocycles. The Bertz CT molecular complexity index is 1070. The van der Waals surface area contributed by atoms with Gasteiger partial charge in [0.1, 0.15) is 17.9 Å². The Hall–Kier alpha value is -2.86. The highest BCUT2D eigenvalue weighted by Gasteiger charge is 2.47. The number of ether oxygens (including phenoxy) is 1. The standard InChI is InChI=1S/C29H37N3O3/c33-27(31-25-14-7-12-22-9-1-3-13-24(22)25)21-32-19-8-17-29(32)16-6-5-11-23-10-2-4-15-26(23)35-20-18-30-28(29)34/h2,4,7,10,12,14-15H,1,3,5-6,8-9,11,13,16-21H2,(H,30,34)(H,31,33). The molecule has 0 saturated carbocycles. The molecule has 35 heavy (non-hydrogen) atoms. The van der Waals surface area contributed by atoms with Gasteiger partial charge in [-0.1, -0.05) is 36.8 Å². The van der Waals surface area contributed by atoms with Crippen molar-refractivity contribution < 1.29 is 14.3 Å². The van der Waals surface area contributed by atoms with Crippen molar-refractivity contribution in [1.29, 1.82) is 0 Å². The monoisotopic (exact) mass is 475 g/mol. The predicted octanol–water partition coefficient (Wildman–Crippen LogP) is 4.26. The molecule has 2 amide bonds. The molecule has 0 aromatic heterocycles. The molecule has 6 nitrogen and oxygen atoms in total. The number of anilines is 1. The van der Waals surface area contributed by atoms with Gasteiger partial charge in [-0.25, -0.2) is 0 Å². The van der Waals surface area contributed by atoms with Crippen LogP contribution in [0.2, 0.25) is 0 Å². The lowest BCUT2D eigenvalue weighted by atomic mass is 9.87. The van der Waals surface area contributed by atoms with Gasteiger partial charge in [0.15, 0.2) is 0 Å². The second-order valence-electron chi connectivity index (χ2n) is 10.2. The number of rotatable bonds is 3. The topological polar surface area (TPSA) is 70.7 Å². The van der Waals surface area contributed by atoms with Crippen molar-refractivity contribution in [3.05, 3.63) is 59.2 Å². The summed E-state index contributed by atoms with van der Waals surface area (Å²) in [6.07, 6.45) is 9.86. The number of carbonyl (C=O) groups is 2. The van der Waals surface area contributed by atoms with Crippen molar-refractivity contribution in [2.75, 3.05) is 31.6 Å². The van der Waals surface area contributed by atoms with E-state index in [9.17, 15) is 9.59 Å². The Labute approximate surface area is 208 Å². The number of carbonyl (C=O) groups excluding carboxylic acids is 2. The Balaban J connectivity index is 1.28. The molecule has 6 heteroatoms. The molecule has 0 radical (unpaired) electrons. The second-order valence-corrected chi connectivity index (χ2v) is 10.2. The maximum absolute atomic E-state index is 13.5. The molecule has 3 aliphatic rings. The summed E-state index contributed by atoms with van der Waals surface area (Å²) >= 11 is 0. The van der Waals surface area contributed by atoms with Crippen LogP contribution in [0.4, 0.5) is 5.69 Å². The first-order valence-corrected chi connectivity index (χ1v) is 13.3. The molecule has 186 valence electrons. The zero-order valence-corrected chi connectivity index (χ0v) is 20.6. The van der Waals surface area contributed by atoms with E-state index in [1.807, 2.05) is 24.3 Å². The van der Waals surface area contributed by atoms with Gasteiger partial charge in [-0.15, -0.1) is 0 Å². The van der Waals surface area contributed by atoms with E-state index in [-0.39, 0.29) is 18.4 Å². The molecule has 1 unspecified atom stereocenters. The van der Waals surface area contributed by atoms with Crippen molar-refractivity contribution in [2.24, 2.45) is 0 Å². The average molecular weight is 476 g/mol. The summed E-state index contributed by atoms with van der Waals surface area (Å²) in [6.45, 7) is 1.92. The molecule has 2 N–H and O–H groups in total. The lowest BCUT2D eigenvalue weighted by Gasteiger charge is -2.37. The van der Waals surface area contributed by atoms with Crippen molar-refractivity contribution >= 4 is 17.5 Å². The van der Waals surface area contributed by atoms with Gasteiger partial charge in [0.25, 0.3) is 0 Å². The first-order valence-electron chi connectivity index (χ1n) is 13.3. The van der Waals surface area contributed by atoms with Crippen LogP contribution in [0.15, 0.2) is 42.5 Å². The molecule has 1 saturated heterocycles. The van der Waals surface area contributed by atoms with E-state index < -0.39 is 5.54 Å². The number of hydrogen-bond acceptors (Lipinski definition) is 4. The van der Waals surface area contributed by atoms with Crippen molar-refractivity contribution in [1.82, 2.24) is 10.2 Å². The quantitative estimate of drug-likeness (QED) is 0.696. The van der Waals surface area contributed by atoms with Gasteiger partial charge in [-0.05, 0) is 93.2 Å². The minimum Gasteiger partial charge on any atom is -0.491 e. The van der Waals surface area contributed by atoms with Crippen LogP contribution in [-0.4, -0.2) is 48.5 Å². The zero-order chi connectivity index (χ0) is 24.1. The summed E-state index contributed by atoms with van der Waals surface area (Å²) in [5.74, 6) is 0.929. The van der Waals surface area contributed by atoms with Gasteiger partial charge in [-0.2, -0.15) is 0 Å². The first-order chi connectivity index (χ1) is 17.2. The Morgan fingerprint density at radius 1 is 0.943 bits per heavy atom. The lowest BCUT2D eigenvalue weighted by Crippen LogP contribution is -2.57. The maximum Gasteiger partial charge on any atom is 0.240 e. The van der Waals surface area contributed by atoms with E-state index in [2.05, 4.69) is 33.7 Å². The summed E-state index contributed by atoms with van der Waals surface area (Å²) in [6, 6.07) is 14.4. The van der Waals surface area contributed by atoms with Crippen LogP contribution >= 0.6 is 0 Å². The molecule has 1 fully saturated rings. The summed E-state index contributed by atoms with van der Waals surface area (Å²) < 4.78 is 5.97. The van der Waals surface area contributed by atoms with Crippen molar-refractivity contribution in [3.63, 3.8) is 0 Å². The number of fused-ring (bicyclic) bond motifs is 2. The number of likely N-dealkylation sites (tertiary alicyclic amines) is 1. The van der Waals surface area contributed by atoms with Gasteiger partial charge in [0, 0.05) is 5.69 Å². The van der Waals surface area contributed by atoms with Crippen LogP contribution in [0.5, 0.6) is 5.75 Å². The fourth-order valence-electron chi connectivity index (χ4n) is 6.15. The molecule has 1 atom stereocenters. The number of aryl methyl sites for hydroxylation is 2. The normalized spacial score (nSPS) is 23.3. The summed E-state index contributed by atoms with van der Waals surface area (Å²) in [4.78, 5) is 28.8. The van der Waals surface area contributed by atoms with Crippen molar-refractivity contribution in [2.45, 2.75) is 69.7 Å². The minimum absolute atomic E-state index is 0.0265. The average Bonchev–Trinajstić information content (AvgIpc) is 3.27. The van der Waals surface area contributed by atoms with E-state index in [0.717, 1.165) is 69.3 Å². The van der Waals surface area contributed by atoms with Crippen LogP contribution in [0, 0.1) is 0 Å². The molecule has 0 bridgehead atoms. The summed E-state index contributed by atoms with van der Waals surface area (Å²) in [5, 5.41) is 6.30. The molecule has 2 aromatic rings. The Morgan fingerprint density at radius 3 is 2.66 bits per heavy atom. The number of nitrogens with one attached hydrogen (secondary N) is 2. The first kappa shape index (κ1) is 23.9. The van der Waals surface area contributed by atoms with E-state index in [1.165, 1.54) is 29.5 Å². The van der Waals surface area contributed by atoms with Gasteiger partial charge in [0.05, 0.1) is 13.1 Å². The lowest BCUT2D eigenvalue weighted by molar-refractivity contribution is -0.134. The third-order valence-electron chi connectivity index (χ3n) is 7.96. The summed E-state index contributed by atoms with van der Waals surface area (Å²) in [7, 11) is 0. The van der Waals surface area contributed by atoms with E-state index in [4.69, 9.17) is 4.74 Å². The zero-order valence-electron chi connectivity index (χ0n) is 20.6. The van der Waals surface area contributed by atoms with Gasteiger partial charge < -0.3 is 15.4 Å². The van der Waals surface area contributed by atoms with Crippen LogP contribution in [0.3, 0.4) is 0 Å². The number of para-hydroxylation sites is 1. The highest BCUT2D eigenvalue weighted by atomic mass is 16.5. The molecule has 1 spiro atoms. The van der Waals surface area contributed by atoms with E-state index >= 15 is 0 Å². The SMILES string of the molecule is O=C(CN1CCCC12CCCCc1ccccc1OCCNC2=O)Nc1cccc2c1CCCC2. The largest absolute Gasteiger partial charge is 0.491 e. The van der Waals surface area contributed by atoms with Crippen molar-refractivity contribution in [3.8, 4) is 5.75 Å². The van der Waals surface area contributed by atoms with Gasteiger partial charge >= 0.3 is 0 Å². The van der Waals surface area contributed by atoms with Gasteiger partial charge in [-0.3, -0.25) is 14.5 Å². The van der Waals surface area contributed by atoms with Gasteiger partial charge in [0.2, 0.25) is 11.8 Å². The number of hydrogen-bond donors (Lipinski definition) is 2. The molecule has 2 aromatic carbocycles. The van der Waals surface area contributed by atoms with Crippen LogP contribution in [-0.2, 0) is 28.9 Å². The Morgan fingerprint density at radius 2 is 1.71 bits per heavy atom.